The molecule has 0 aromatic carbocycles. The first-order chi connectivity index (χ1) is 13.4. The molecule has 2 fully saturated rings. The lowest BCUT2D eigenvalue weighted by Gasteiger charge is -2.28. The van der Waals surface area contributed by atoms with Gasteiger partial charge in [-0.15, -0.1) is 11.8 Å². The predicted molar refractivity (Wildman–Crippen MR) is 113 cm³/mol. The second kappa shape index (κ2) is 10.2. The normalized spacial score (nSPS) is 27.4. The second-order valence-electron chi connectivity index (χ2n) is 8.92. The van der Waals surface area contributed by atoms with Crippen molar-refractivity contribution in [1.82, 2.24) is 5.32 Å². The van der Waals surface area contributed by atoms with Crippen LogP contribution >= 0.6 is 11.8 Å². The van der Waals surface area contributed by atoms with Crippen molar-refractivity contribution < 1.29 is 19.0 Å². The van der Waals surface area contributed by atoms with E-state index in [4.69, 9.17) is 14.2 Å². The molecule has 2 atom stereocenters. The fraction of sp³-hybridized carbons (Fsp3) is 0.773. The van der Waals surface area contributed by atoms with E-state index in [9.17, 15) is 4.79 Å². The molecule has 1 amide bonds. The summed E-state index contributed by atoms with van der Waals surface area (Å²) in [5.41, 5.74) is 0.465. The van der Waals surface area contributed by atoms with Gasteiger partial charge in [-0.1, -0.05) is 18.9 Å². The van der Waals surface area contributed by atoms with Crippen LogP contribution in [-0.4, -0.2) is 36.4 Å². The van der Waals surface area contributed by atoms with Crippen molar-refractivity contribution in [2.45, 2.75) is 89.3 Å². The fourth-order valence-electron chi connectivity index (χ4n) is 3.98. The first-order valence-corrected chi connectivity index (χ1v) is 11.6. The molecule has 5 nitrogen and oxygen atoms in total. The highest BCUT2D eigenvalue weighted by molar-refractivity contribution is 8.03. The molecule has 3 rings (SSSR count). The molecule has 0 bridgehead atoms. The maximum Gasteiger partial charge on any atom is 0.411 e. The largest absolute Gasteiger partial charge is 0.444 e. The highest BCUT2D eigenvalue weighted by atomic mass is 32.2. The van der Waals surface area contributed by atoms with E-state index in [-0.39, 0.29) is 12.4 Å². The molecular weight excluding hydrogens is 374 g/mol. The molecule has 2 aliphatic carbocycles. The summed E-state index contributed by atoms with van der Waals surface area (Å²) < 4.78 is 16.8. The van der Waals surface area contributed by atoms with Crippen LogP contribution < -0.4 is 5.32 Å². The highest BCUT2D eigenvalue weighted by Gasteiger charge is 2.29. The van der Waals surface area contributed by atoms with E-state index in [2.05, 4.69) is 11.4 Å². The Morgan fingerprint density at radius 1 is 1.07 bits per heavy atom. The molecule has 0 aromatic heterocycles. The molecule has 1 heterocycles. The van der Waals surface area contributed by atoms with Crippen molar-refractivity contribution in [1.29, 1.82) is 0 Å². The Kier molecular flexibility index (Phi) is 7.89. The molecule has 0 aromatic rings. The molecule has 1 N–H and O–H groups in total. The number of nitrogens with one attached hydrogen (secondary N) is 1. The first-order valence-electron chi connectivity index (χ1n) is 10.7. The summed E-state index contributed by atoms with van der Waals surface area (Å²) in [4.78, 5) is 13.3. The molecule has 0 radical (unpaired) electrons. The maximum atomic E-state index is 11.9. The van der Waals surface area contributed by atoms with Crippen molar-refractivity contribution >= 4 is 17.9 Å². The average Bonchev–Trinajstić information content (AvgIpc) is 3.12. The van der Waals surface area contributed by atoms with Crippen LogP contribution in [0.1, 0.15) is 72.1 Å². The standard InChI is InChI=1S/C22H35NO4S/c1-22(2,3)27-21(24)23-17-9-12-19(13-10-17)28-18-7-5-4-6-16(8-11-18)20-25-14-15-26-20/h9,12,16,18,20H,4-8,10-11,13-15H2,1-3H3,(H,23,24). The monoisotopic (exact) mass is 409 g/mol. The van der Waals surface area contributed by atoms with Crippen LogP contribution in [0.2, 0.25) is 0 Å². The Morgan fingerprint density at radius 2 is 1.82 bits per heavy atom. The van der Waals surface area contributed by atoms with Gasteiger partial charge in [-0.05, 0) is 70.3 Å². The number of alkyl carbamates (subject to hydrolysis) is 1. The van der Waals surface area contributed by atoms with Gasteiger partial charge in [-0.25, -0.2) is 4.79 Å². The van der Waals surface area contributed by atoms with Crippen molar-refractivity contribution in [3.05, 3.63) is 22.8 Å². The van der Waals surface area contributed by atoms with Gasteiger partial charge in [0.25, 0.3) is 0 Å². The summed E-state index contributed by atoms with van der Waals surface area (Å²) in [6.45, 7) is 7.12. The van der Waals surface area contributed by atoms with E-state index >= 15 is 0 Å². The topological polar surface area (TPSA) is 56.8 Å². The van der Waals surface area contributed by atoms with Crippen LogP contribution in [0.5, 0.6) is 0 Å². The Bertz CT molecular complexity index is 590. The Hall–Kier alpha value is -0.980. The number of hydrogen-bond acceptors (Lipinski definition) is 5. The molecule has 1 saturated heterocycles. The minimum atomic E-state index is -0.471. The van der Waals surface area contributed by atoms with Gasteiger partial charge < -0.3 is 14.2 Å². The van der Waals surface area contributed by atoms with Gasteiger partial charge in [0.1, 0.15) is 5.60 Å². The summed E-state index contributed by atoms with van der Waals surface area (Å²) in [5, 5.41) is 3.54. The Morgan fingerprint density at radius 3 is 2.50 bits per heavy atom. The number of amides is 1. The fourth-order valence-corrected chi connectivity index (χ4v) is 5.31. The van der Waals surface area contributed by atoms with Crippen molar-refractivity contribution in [2.75, 3.05) is 13.2 Å². The van der Waals surface area contributed by atoms with E-state index in [0.717, 1.165) is 31.8 Å². The van der Waals surface area contributed by atoms with Crippen molar-refractivity contribution in [3.8, 4) is 0 Å². The molecule has 6 heteroatoms. The molecule has 2 unspecified atom stereocenters. The number of ether oxygens (including phenoxy) is 3. The van der Waals surface area contributed by atoms with E-state index in [1.807, 2.05) is 38.6 Å². The van der Waals surface area contributed by atoms with Gasteiger partial charge in [0.2, 0.25) is 0 Å². The first kappa shape index (κ1) is 21.7. The summed E-state index contributed by atoms with van der Waals surface area (Å²) in [5.74, 6) is 0.552. The number of carbonyl (C=O) groups excluding carboxylic acids is 1. The smallest absolute Gasteiger partial charge is 0.411 e. The molecular formula is C22H35NO4S. The lowest BCUT2D eigenvalue weighted by Crippen LogP contribution is -2.32. The van der Waals surface area contributed by atoms with Gasteiger partial charge in [0, 0.05) is 16.9 Å². The number of carbonyl (C=O) groups is 1. The summed E-state index contributed by atoms with van der Waals surface area (Å²) in [6.07, 6.45) is 13.2. The van der Waals surface area contributed by atoms with Gasteiger partial charge in [-0.2, -0.15) is 0 Å². The molecule has 1 saturated carbocycles. The predicted octanol–water partition coefficient (Wildman–Crippen LogP) is 5.52. The van der Waals surface area contributed by atoms with E-state index in [1.165, 1.54) is 43.4 Å². The summed E-state index contributed by atoms with van der Waals surface area (Å²) >= 11 is 2.03. The van der Waals surface area contributed by atoms with Crippen LogP contribution in [0.25, 0.3) is 0 Å². The zero-order valence-corrected chi connectivity index (χ0v) is 18.3. The summed E-state index contributed by atoms with van der Waals surface area (Å²) in [7, 11) is 0. The van der Waals surface area contributed by atoms with E-state index in [0.29, 0.717) is 11.2 Å². The number of rotatable bonds is 4. The van der Waals surface area contributed by atoms with Crippen molar-refractivity contribution in [2.24, 2.45) is 5.92 Å². The van der Waals surface area contributed by atoms with Crippen LogP contribution in [0.15, 0.2) is 22.8 Å². The van der Waals surface area contributed by atoms with Gasteiger partial charge >= 0.3 is 6.09 Å². The van der Waals surface area contributed by atoms with Crippen LogP contribution in [0, 0.1) is 5.92 Å². The number of allylic oxidation sites excluding steroid dienone is 4. The lowest BCUT2D eigenvalue weighted by molar-refractivity contribution is -0.0892. The van der Waals surface area contributed by atoms with E-state index < -0.39 is 5.60 Å². The zero-order chi connectivity index (χ0) is 20.0. The molecule has 0 spiro atoms. The van der Waals surface area contributed by atoms with E-state index in [1.54, 1.807) is 0 Å². The van der Waals surface area contributed by atoms with Crippen LogP contribution in [-0.2, 0) is 14.2 Å². The summed E-state index contributed by atoms with van der Waals surface area (Å²) in [6, 6.07) is 0. The number of thioether (sulfide) groups is 1. The second-order valence-corrected chi connectivity index (χ2v) is 10.4. The maximum absolute atomic E-state index is 11.9. The Balaban J connectivity index is 1.47. The van der Waals surface area contributed by atoms with Gasteiger partial charge in [0.05, 0.1) is 13.2 Å². The van der Waals surface area contributed by atoms with Crippen LogP contribution in [0.3, 0.4) is 0 Å². The zero-order valence-electron chi connectivity index (χ0n) is 17.5. The third-order valence-electron chi connectivity index (χ3n) is 5.33. The minimum absolute atomic E-state index is 0.0297. The third-order valence-corrected chi connectivity index (χ3v) is 6.78. The third kappa shape index (κ3) is 7.12. The van der Waals surface area contributed by atoms with Gasteiger partial charge in [-0.3, -0.25) is 5.32 Å². The molecule has 28 heavy (non-hydrogen) atoms. The lowest BCUT2D eigenvalue weighted by atomic mass is 9.90. The molecule has 1 aliphatic heterocycles. The molecule has 158 valence electrons. The van der Waals surface area contributed by atoms with Crippen LogP contribution in [0.4, 0.5) is 4.79 Å². The SMILES string of the molecule is CC(C)(C)OC(=O)NC1=CC=C(SC2CCCCC(C3OCCO3)CC2)CC1. The quantitative estimate of drug-likeness (QED) is 0.663. The van der Waals surface area contributed by atoms with Gasteiger partial charge in [0.15, 0.2) is 6.29 Å². The number of hydrogen-bond donors (Lipinski definition) is 1. The Labute approximate surface area is 173 Å². The molecule has 3 aliphatic rings. The van der Waals surface area contributed by atoms with Crippen molar-refractivity contribution in [3.63, 3.8) is 0 Å². The average molecular weight is 410 g/mol. The highest BCUT2D eigenvalue weighted by Crippen LogP contribution is 2.38. The minimum Gasteiger partial charge on any atom is -0.444 e.